The van der Waals surface area contributed by atoms with Gasteiger partial charge in [0.1, 0.15) is 0 Å². The van der Waals surface area contributed by atoms with Crippen molar-refractivity contribution in [1.29, 1.82) is 0 Å². The van der Waals surface area contributed by atoms with E-state index in [9.17, 15) is 20.0 Å². The van der Waals surface area contributed by atoms with E-state index in [-0.39, 0.29) is 29.1 Å². The highest BCUT2D eigenvalue weighted by atomic mass is 16.6. The molecule has 0 aromatic heterocycles. The summed E-state index contributed by atoms with van der Waals surface area (Å²) in [6, 6.07) is 3.87. The topological polar surface area (TPSA) is 105 Å². The molecular weight excluding hydrogens is 252 g/mol. The molecule has 2 rings (SSSR count). The molecule has 7 heteroatoms. The number of nitro groups is 1. The molecule has 1 aromatic rings. The molecule has 0 saturated heterocycles. The Kier molecular flexibility index (Phi) is 3.28. The van der Waals surface area contributed by atoms with Crippen LogP contribution in [0.5, 0.6) is 0 Å². The molecule has 0 aliphatic carbocycles. The molecule has 19 heavy (non-hydrogen) atoms. The Balaban J connectivity index is 2.46. The third kappa shape index (κ3) is 2.17. The first-order valence-corrected chi connectivity index (χ1v) is 5.45. The highest BCUT2D eigenvalue weighted by Crippen LogP contribution is 2.36. The monoisotopic (exact) mass is 261 g/mol. The Morgan fingerprint density at radius 2 is 2.26 bits per heavy atom. The molecule has 0 unspecified atom stereocenters. The maximum absolute atomic E-state index is 11.6. The van der Waals surface area contributed by atoms with E-state index in [0.717, 1.165) is 0 Å². The molecule has 1 aliphatic heterocycles. The van der Waals surface area contributed by atoms with Crippen LogP contribution in [-0.2, 0) is 9.53 Å². The molecule has 0 saturated carbocycles. The predicted molar refractivity (Wildman–Crippen MR) is 64.8 cm³/mol. The number of aliphatic imine (C=N–C) groups is 1. The van der Waals surface area contributed by atoms with Crippen molar-refractivity contribution in [2.45, 2.75) is 6.92 Å². The van der Waals surface area contributed by atoms with Crippen LogP contribution in [0.25, 0.3) is 5.57 Å². The molecule has 1 aromatic carbocycles. The van der Waals surface area contributed by atoms with Gasteiger partial charge in [-0.3, -0.25) is 10.1 Å². The van der Waals surface area contributed by atoms with Gasteiger partial charge in [-0.25, -0.2) is 9.79 Å². The largest absolute Gasteiger partial charge is 0.877 e. The van der Waals surface area contributed by atoms with Crippen LogP contribution in [-0.4, -0.2) is 23.2 Å². The summed E-state index contributed by atoms with van der Waals surface area (Å²) in [5.74, 6) is -0.719. The molecule has 1 aliphatic rings. The van der Waals surface area contributed by atoms with Crippen LogP contribution < -0.4 is 5.11 Å². The van der Waals surface area contributed by atoms with E-state index >= 15 is 0 Å². The minimum absolute atomic E-state index is 0.0113. The zero-order valence-electron chi connectivity index (χ0n) is 9.95. The van der Waals surface area contributed by atoms with E-state index in [1.54, 1.807) is 6.92 Å². The fourth-order valence-electron chi connectivity index (χ4n) is 1.73. The highest BCUT2D eigenvalue weighted by Gasteiger charge is 2.27. The van der Waals surface area contributed by atoms with E-state index in [4.69, 9.17) is 4.74 Å². The van der Waals surface area contributed by atoms with Crippen LogP contribution in [0.15, 0.2) is 29.5 Å². The molecule has 0 bridgehead atoms. The lowest BCUT2D eigenvalue weighted by molar-refractivity contribution is -0.384. The summed E-state index contributed by atoms with van der Waals surface area (Å²) in [7, 11) is 0. The number of carbonyl (C=O) groups excluding carboxylic acids is 1. The number of hydrogen-bond acceptors (Lipinski definition) is 6. The highest BCUT2D eigenvalue weighted by molar-refractivity contribution is 6.56. The molecule has 7 nitrogen and oxygen atoms in total. The molecule has 0 atom stereocenters. The summed E-state index contributed by atoms with van der Waals surface area (Å²) in [5.41, 5.74) is 0.339. The number of ether oxygens (including phenoxy) is 1. The second kappa shape index (κ2) is 4.89. The lowest BCUT2D eigenvalue weighted by Gasteiger charge is -2.06. The van der Waals surface area contributed by atoms with Gasteiger partial charge >= 0.3 is 5.97 Å². The van der Waals surface area contributed by atoms with Crippen molar-refractivity contribution in [2.75, 3.05) is 6.61 Å². The van der Waals surface area contributed by atoms with Gasteiger partial charge in [0.2, 0.25) is 0 Å². The summed E-state index contributed by atoms with van der Waals surface area (Å²) >= 11 is 0. The number of non-ortho nitro benzene ring substituents is 1. The number of rotatable bonds is 3. The number of benzene rings is 1. The standard InChI is InChI=1S/C12H10N2O5/c1-2-19-12(16)11-9(6-15)8-5-7(14(17)18)3-4-10(8)13-11/h3-6,15H,2H2,1H3/p-1. The quantitative estimate of drug-likeness (QED) is 0.348. The van der Waals surface area contributed by atoms with E-state index < -0.39 is 10.9 Å². The number of nitro benzene ring substituents is 1. The average molecular weight is 261 g/mol. The first kappa shape index (κ1) is 12.7. The zero-order chi connectivity index (χ0) is 14.0. The Labute approximate surface area is 108 Å². The summed E-state index contributed by atoms with van der Waals surface area (Å²) < 4.78 is 4.78. The number of nitrogens with zero attached hydrogens (tertiary/aromatic N) is 2. The lowest BCUT2D eigenvalue weighted by atomic mass is 10.0. The van der Waals surface area contributed by atoms with Crippen LogP contribution in [0, 0.1) is 10.1 Å². The predicted octanol–water partition coefficient (Wildman–Crippen LogP) is 0.945. The van der Waals surface area contributed by atoms with Crippen LogP contribution in [0.2, 0.25) is 0 Å². The van der Waals surface area contributed by atoms with Crippen LogP contribution in [0.3, 0.4) is 0 Å². The number of esters is 1. The Hall–Kier alpha value is -2.70. The molecule has 1 heterocycles. The third-order valence-corrected chi connectivity index (χ3v) is 2.56. The smallest absolute Gasteiger partial charge is 0.357 e. The molecule has 98 valence electrons. The van der Waals surface area contributed by atoms with Crippen LogP contribution in [0.1, 0.15) is 12.5 Å². The van der Waals surface area contributed by atoms with Crippen LogP contribution >= 0.6 is 0 Å². The van der Waals surface area contributed by atoms with Gasteiger partial charge in [-0.2, -0.15) is 0 Å². The molecule has 0 N–H and O–H groups in total. The van der Waals surface area contributed by atoms with Crippen molar-refractivity contribution in [3.63, 3.8) is 0 Å². The Bertz CT molecular complexity index is 619. The van der Waals surface area contributed by atoms with Gasteiger partial charge in [0.25, 0.3) is 5.69 Å². The van der Waals surface area contributed by atoms with Gasteiger partial charge in [0.15, 0.2) is 5.71 Å². The van der Waals surface area contributed by atoms with E-state index in [0.29, 0.717) is 11.9 Å². The van der Waals surface area contributed by atoms with Crippen molar-refractivity contribution < 1.29 is 19.6 Å². The number of carbonyl (C=O) groups is 1. The normalized spacial score (nSPS) is 15.0. The van der Waals surface area contributed by atoms with E-state index in [1.165, 1.54) is 18.2 Å². The van der Waals surface area contributed by atoms with Crippen molar-refractivity contribution in [1.82, 2.24) is 0 Å². The number of hydrogen-bond donors (Lipinski definition) is 0. The summed E-state index contributed by atoms with van der Waals surface area (Å²) in [6.07, 6.45) is 0.450. The minimum atomic E-state index is -0.719. The van der Waals surface area contributed by atoms with Gasteiger partial charge in [0, 0.05) is 23.3 Å². The minimum Gasteiger partial charge on any atom is -0.877 e. The Morgan fingerprint density at radius 1 is 1.53 bits per heavy atom. The van der Waals surface area contributed by atoms with Crippen LogP contribution in [0.4, 0.5) is 11.4 Å². The molecular formula is C12H9N2O5-. The summed E-state index contributed by atoms with van der Waals surface area (Å²) in [4.78, 5) is 25.7. The zero-order valence-corrected chi connectivity index (χ0v) is 9.95. The number of fused-ring (bicyclic) bond motifs is 1. The maximum Gasteiger partial charge on any atom is 0.357 e. The molecule has 0 amide bonds. The SMILES string of the molecule is CCOC(=O)C1=Nc2ccc([N+](=O)[O-])cc2C1=C[O-]. The summed E-state index contributed by atoms with van der Waals surface area (Å²) in [5, 5.41) is 21.8. The second-order valence-corrected chi connectivity index (χ2v) is 3.67. The molecule has 0 radical (unpaired) electrons. The first-order valence-electron chi connectivity index (χ1n) is 5.45. The van der Waals surface area contributed by atoms with Crippen molar-refractivity contribution in [2.24, 2.45) is 4.99 Å². The lowest BCUT2D eigenvalue weighted by Crippen LogP contribution is -2.17. The van der Waals surface area contributed by atoms with Crippen molar-refractivity contribution >= 4 is 28.6 Å². The first-order chi connectivity index (χ1) is 9.08. The third-order valence-electron chi connectivity index (χ3n) is 2.56. The van der Waals surface area contributed by atoms with E-state index in [2.05, 4.69) is 4.99 Å². The van der Waals surface area contributed by atoms with E-state index in [1.807, 2.05) is 0 Å². The fraction of sp³-hybridized carbons (Fsp3) is 0.167. The summed E-state index contributed by atoms with van der Waals surface area (Å²) in [6.45, 7) is 1.78. The molecule has 0 spiro atoms. The van der Waals surface area contributed by atoms with Crippen molar-refractivity contribution in [3.8, 4) is 0 Å². The fourth-order valence-corrected chi connectivity index (χ4v) is 1.73. The maximum atomic E-state index is 11.6. The second-order valence-electron chi connectivity index (χ2n) is 3.67. The molecule has 0 fully saturated rings. The van der Waals surface area contributed by atoms with Crippen molar-refractivity contribution in [3.05, 3.63) is 40.1 Å². The van der Waals surface area contributed by atoms with Gasteiger partial charge in [0.05, 0.1) is 17.2 Å². The van der Waals surface area contributed by atoms with Gasteiger partial charge in [-0.15, -0.1) is 6.26 Å². The van der Waals surface area contributed by atoms with Gasteiger partial charge in [-0.1, -0.05) is 0 Å². The van der Waals surface area contributed by atoms with Gasteiger partial charge in [-0.05, 0) is 13.0 Å². The average Bonchev–Trinajstić information content (AvgIpc) is 2.76. The van der Waals surface area contributed by atoms with Gasteiger partial charge < -0.3 is 9.84 Å². The Morgan fingerprint density at radius 3 is 2.84 bits per heavy atom.